The van der Waals surface area contributed by atoms with Crippen molar-refractivity contribution in [3.63, 3.8) is 0 Å². The summed E-state index contributed by atoms with van der Waals surface area (Å²) >= 11 is 8.70. The average molecular weight is 411 g/mol. The molecule has 0 unspecified atom stereocenters. The zero-order valence-corrected chi connectivity index (χ0v) is 16.3. The number of hydrogen-bond donors (Lipinski definition) is 1. The Morgan fingerprint density at radius 3 is 2.62 bits per heavy atom. The summed E-state index contributed by atoms with van der Waals surface area (Å²) in [6, 6.07) is 5.35. The van der Waals surface area contributed by atoms with E-state index in [4.69, 9.17) is 17.0 Å². The molecular formula is C18H23BrN2O2S. The van der Waals surface area contributed by atoms with Crippen LogP contribution < -0.4 is 10.1 Å². The van der Waals surface area contributed by atoms with Gasteiger partial charge in [-0.05, 0) is 36.8 Å². The lowest BCUT2D eigenvalue weighted by molar-refractivity contribution is 0.0969. The van der Waals surface area contributed by atoms with E-state index in [9.17, 15) is 4.79 Å². The van der Waals surface area contributed by atoms with E-state index in [2.05, 4.69) is 41.3 Å². The molecule has 130 valence electrons. The van der Waals surface area contributed by atoms with Crippen molar-refractivity contribution in [2.75, 3.05) is 19.7 Å². The summed E-state index contributed by atoms with van der Waals surface area (Å²) in [5.41, 5.74) is 0.444. The standard InChI is InChI=1S/C18H23BrN2O2S/c1-4-7-12-23-16-9-8-14(19)13-15(16)17(22)20-18(24)21(10-5-2)11-6-3/h5-6,8-9,13H,2-4,7,10-12H2,1H3,(H,20,22,24). The fraction of sp³-hybridized carbons (Fsp3) is 0.333. The summed E-state index contributed by atoms with van der Waals surface area (Å²) < 4.78 is 6.52. The number of benzene rings is 1. The molecule has 1 aromatic carbocycles. The third-order valence-corrected chi connectivity index (χ3v) is 4.00. The van der Waals surface area contributed by atoms with Crippen molar-refractivity contribution in [2.45, 2.75) is 19.8 Å². The van der Waals surface area contributed by atoms with Gasteiger partial charge >= 0.3 is 0 Å². The highest BCUT2D eigenvalue weighted by Gasteiger charge is 2.17. The number of hydrogen-bond acceptors (Lipinski definition) is 3. The van der Waals surface area contributed by atoms with Gasteiger partial charge in [-0.2, -0.15) is 0 Å². The molecule has 1 aromatic rings. The van der Waals surface area contributed by atoms with Crippen LogP contribution in [0.25, 0.3) is 0 Å². The molecule has 0 spiro atoms. The first-order chi connectivity index (χ1) is 11.5. The summed E-state index contributed by atoms with van der Waals surface area (Å²) in [5.74, 6) is 0.247. The number of unbranched alkanes of at least 4 members (excludes halogenated alkanes) is 1. The van der Waals surface area contributed by atoms with Crippen molar-refractivity contribution < 1.29 is 9.53 Å². The molecule has 1 rings (SSSR count). The van der Waals surface area contributed by atoms with Gasteiger partial charge in [-0.15, -0.1) is 13.2 Å². The molecule has 0 aliphatic rings. The molecule has 4 nitrogen and oxygen atoms in total. The van der Waals surface area contributed by atoms with Crippen LogP contribution >= 0.6 is 28.1 Å². The minimum absolute atomic E-state index is 0.300. The van der Waals surface area contributed by atoms with Gasteiger partial charge in [-0.3, -0.25) is 10.1 Å². The van der Waals surface area contributed by atoms with Gasteiger partial charge in [0.05, 0.1) is 12.2 Å². The van der Waals surface area contributed by atoms with Gasteiger partial charge in [0.2, 0.25) is 0 Å². The number of ether oxygens (including phenoxy) is 1. The second-order valence-corrected chi connectivity index (χ2v) is 6.39. The maximum Gasteiger partial charge on any atom is 0.261 e. The maximum atomic E-state index is 12.6. The Morgan fingerprint density at radius 1 is 1.38 bits per heavy atom. The molecule has 0 radical (unpaired) electrons. The van der Waals surface area contributed by atoms with E-state index >= 15 is 0 Å². The molecule has 0 saturated carbocycles. The normalized spacial score (nSPS) is 9.92. The Balaban J connectivity index is 2.88. The van der Waals surface area contributed by atoms with Gasteiger partial charge in [0.15, 0.2) is 5.11 Å². The Labute approximate surface area is 157 Å². The van der Waals surface area contributed by atoms with Gasteiger partial charge in [0.1, 0.15) is 5.75 Å². The fourth-order valence-corrected chi connectivity index (χ4v) is 2.53. The first kappa shape index (κ1) is 20.4. The number of carbonyl (C=O) groups is 1. The quantitative estimate of drug-likeness (QED) is 0.374. The van der Waals surface area contributed by atoms with Crippen LogP contribution in [0.3, 0.4) is 0 Å². The number of halogens is 1. The second-order valence-electron chi connectivity index (χ2n) is 5.08. The molecule has 0 heterocycles. The third kappa shape index (κ3) is 6.45. The summed E-state index contributed by atoms with van der Waals surface area (Å²) in [4.78, 5) is 14.4. The first-order valence-electron chi connectivity index (χ1n) is 7.77. The Hall–Kier alpha value is -1.66. The molecule has 0 saturated heterocycles. The van der Waals surface area contributed by atoms with Crippen molar-refractivity contribution >= 4 is 39.2 Å². The highest BCUT2D eigenvalue weighted by Crippen LogP contribution is 2.23. The molecule has 0 bridgehead atoms. The minimum Gasteiger partial charge on any atom is -0.493 e. The maximum absolute atomic E-state index is 12.6. The second kappa shape index (κ2) is 11.0. The van der Waals surface area contributed by atoms with Crippen LogP contribution in [0.2, 0.25) is 0 Å². The predicted octanol–water partition coefficient (Wildman–Crippen LogP) is 4.32. The van der Waals surface area contributed by atoms with E-state index in [0.29, 0.717) is 36.1 Å². The largest absolute Gasteiger partial charge is 0.493 e. The molecule has 6 heteroatoms. The number of nitrogens with one attached hydrogen (secondary N) is 1. The van der Waals surface area contributed by atoms with Crippen LogP contribution in [0.1, 0.15) is 30.1 Å². The van der Waals surface area contributed by atoms with Gasteiger partial charge in [-0.25, -0.2) is 0 Å². The molecule has 0 aromatic heterocycles. The lowest BCUT2D eigenvalue weighted by atomic mass is 10.2. The van der Waals surface area contributed by atoms with Crippen molar-refractivity contribution in [2.24, 2.45) is 0 Å². The average Bonchev–Trinajstić information content (AvgIpc) is 2.56. The zero-order valence-electron chi connectivity index (χ0n) is 13.9. The van der Waals surface area contributed by atoms with E-state index in [1.807, 2.05) is 6.07 Å². The van der Waals surface area contributed by atoms with Gasteiger partial charge in [0, 0.05) is 17.6 Å². The Morgan fingerprint density at radius 2 is 2.04 bits per heavy atom. The van der Waals surface area contributed by atoms with Crippen LogP contribution in [-0.4, -0.2) is 35.6 Å². The van der Waals surface area contributed by atoms with E-state index < -0.39 is 0 Å². The van der Waals surface area contributed by atoms with Crippen LogP contribution in [0.15, 0.2) is 48.0 Å². The highest BCUT2D eigenvalue weighted by molar-refractivity contribution is 9.10. The topological polar surface area (TPSA) is 41.6 Å². The smallest absolute Gasteiger partial charge is 0.261 e. The molecule has 0 aliphatic heterocycles. The van der Waals surface area contributed by atoms with Crippen LogP contribution in [-0.2, 0) is 0 Å². The minimum atomic E-state index is -0.300. The van der Waals surface area contributed by atoms with Gasteiger partial charge in [-0.1, -0.05) is 41.4 Å². The number of amides is 1. The Bertz CT molecular complexity index is 595. The molecule has 24 heavy (non-hydrogen) atoms. The van der Waals surface area contributed by atoms with E-state index in [1.54, 1.807) is 29.2 Å². The van der Waals surface area contributed by atoms with Gasteiger partial charge < -0.3 is 9.64 Å². The summed E-state index contributed by atoms with van der Waals surface area (Å²) in [6.45, 7) is 11.1. The van der Waals surface area contributed by atoms with Crippen LogP contribution in [0, 0.1) is 0 Å². The van der Waals surface area contributed by atoms with Crippen molar-refractivity contribution in [3.05, 3.63) is 53.5 Å². The molecule has 0 fully saturated rings. The molecule has 1 N–H and O–H groups in total. The first-order valence-corrected chi connectivity index (χ1v) is 8.98. The van der Waals surface area contributed by atoms with Gasteiger partial charge in [0.25, 0.3) is 5.91 Å². The molecule has 0 atom stereocenters. The summed E-state index contributed by atoms with van der Waals surface area (Å²) in [6.07, 6.45) is 5.41. The SMILES string of the molecule is C=CCN(CC=C)C(=S)NC(=O)c1cc(Br)ccc1OCCCC. The number of thiocarbonyl (C=S) groups is 1. The van der Waals surface area contributed by atoms with E-state index in [-0.39, 0.29) is 5.91 Å². The molecular weight excluding hydrogens is 388 g/mol. The number of carbonyl (C=O) groups excluding carboxylic acids is 1. The van der Waals surface area contributed by atoms with E-state index in [0.717, 1.165) is 17.3 Å². The number of rotatable bonds is 9. The Kier molecular flexibility index (Phi) is 9.34. The summed E-state index contributed by atoms with van der Waals surface area (Å²) in [7, 11) is 0. The lowest BCUT2D eigenvalue weighted by Gasteiger charge is -2.22. The predicted molar refractivity (Wildman–Crippen MR) is 107 cm³/mol. The third-order valence-electron chi connectivity index (χ3n) is 3.15. The van der Waals surface area contributed by atoms with Crippen molar-refractivity contribution in [3.8, 4) is 5.75 Å². The highest BCUT2D eigenvalue weighted by atomic mass is 79.9. The zero-order chi connectivity index (χ0) is 17.9. The monoisotopic (exact) mass is 410 g/mol. The van der Waals surface area contributed by atoms with Crippen LogP contribution in [0.4, 0.5) is 0 Å². The van der Waals surface area contributed by atoms with Crippen molar-refractivity contribution in [1.29, 1.82) is 0 Å². The molecule has 1 amide bonds. The lowest BCUT2D eigenvalue weighted by Crippen LogP contribution is -2.42. The molecule has 0 aliphatic carbocycles. The summed E-state index contributed by atoms with van der Waals surface area (Å²) in [5, 5.41) is 3.08. The van der Waals surface area contributed by atoms with E-state index in [1.165, 1.54) is 0 Å². The van der Waals surface area contributed by atoms with Crippen molar-refractivity contribution in [1.82, 2.24) is 10.2 Å². The van der Waals surface area contributed by atoms with Crippen LogP contribution in [0.5, 0.6) is 5.75 Å². The fourth-order valence-electron chi connectivity index (χ4n) is 1.93. The number of nitrogens with zero attached hydrogens (tertiary/aromatic N) is 1.